The quantitative estimate of drug-likeness (QED) is 0.813. The van der Waals surface area contributed by atoms with Crippen LogP contribution in [0.2, 0.25) is 0 Å². The fraction of sp³-hybridized carbons (Fsp3) is 0.929. The lowest BCUT2D eigenvalue weighted by atomic mass is 9.99. The average molecular weight is 256 g/mol. The number of amides is 1. The Morgan fingerprint density at radius 1 is 1.33 bits per heavy atom. The van der Waals surface area contributed by atoms with Gasteiger partial charge in [0.1, 0.15) is 0 Å². The smallest absolute Gasteiger partial charge is 0.237 e. The van der Waals surface area contributed by atoms with E-state index in [1.54, 1.807) is 0 Å². The van der Waals surface area contributed by atoms with E-state index >= 15 is 0 Å². The average Bonchev–Trinajstić information content (AvgIpc) is 2.24. The molecule has 3 unspecified atom stereocenters. The van der Waals surface area contributed by atoms with Crippen LogP contribution in [0.25, 0.3) is 0 Å². The zero-order valence-corrected chi connectivity index (χ0v) is 12.4. The molecule has 0 aromatic carbocycles. The van der Waals surface area contributed by atoms with E-state index in [4.69, 9.17) is 4.74 Å². The van der Waals surface area contributed by atoms with Crippen molar-refractivity contribution in [3.63, 3.8) is 0 Å². The van der Waals surface area contributed by atoms with Crippen LogP contribution in [0, 0.1) is 5.92 Å². The van der Waals surface area contributed by atoms with Crippen molar-refractivity contribution in [1.29, 1.82) is 0 Å². The van der Waals surface area contributed by atoms with Crippen LogP contribution in [-0.4, -0.2) is 48.7 Å². The van der Waals surface area contributed by atoms with Crippen molar-refractivity contribution in [2.75, 3.05) is 19.6 Å². The molecule has 1 N–H and O–H groups in total. The van der Waals surface area contributed by atoms with Crippen LogP contribution >= 0.6 is 0 Å². The summed E-state index contributed by atoms with van der Waals surface area (Å²) in [6.45, 7) is 12.9. The van der Waals surface area contributed by atoms with Crippen LogP contribution < -0.4 is 5.32 Å². The molecule has 106 valence electrons. The van der Waals surface area contributed by atoms with Gasteiger partial charge in [0.05, 0.1) is 18.2 Å². The Morgan fingerprint density at radius 3 is 2.33 bits per heavy atom. The molecule has 0 bridgehead atoms. The summed E-state index contributed by atoms with van der Waals surface area (Å²) < 4.78 is 5.73. The molecule has 0 aromatic heterocycles. The van der Waals surface area contributed by atoms with E-state index in [2.05, 4.69) is 44.8 Å². The van der Waals surface area contributed by atoms with E-state index in [1.807, 2.05) is 0 Å². The van der Waals surface area contributed by atoms with Crippen molar-refractivity contribution in [3.05, 3.63) is 0 Å². The Morgan fingerprint density at radius 2 is 1.89 bits per heavy atom. The minimum absolute atomic E-state index is 0.0367. The maximum Gasteiger partial charge on any atom is 0.237 e. The van der Waals surface area contributed by atoms with Gasteiger partial charge >= 0.3 is 0 Å². The van der Waals surface area contributed by atoms with E-state index in [0.717, 1.165) is 26.1 Å². The van der Waals surface area contributed by atoms with Gasteiger partial charge in [-0.15, -0.1) is 0 Å². The maximum atomic E-state index is 12.3. The number of hydrogen-bond acceptors (Lipinski definition) is 3. The highest BCUT2D eigenvalue weighted by Gasteiger charge is 2.33. The molecule has 3 atom stereocenters. The summed E-state index contributed by atoms with van der Waals surface area (Å²) in [6.07, 6.45) is 1.38. The van der Waals surface area contributed by atoms with Crippen molar-refractivity contribution in [1.82, 2.24) is 10.2 Å². The Bertz CT molecular complexity index is 259. The number of nitrogens with zero attached hydrogens (tertiary/aromatic N) is 1. The number of hydrogen-bond donors (Lipinski definition) is 1. The maximum absolute atomic E-state index is 12.3. The molecule has 1 aliphatic heterocycles. The summed E-state index contributed by atoms with van der Waals surface area (Å²) >= 11 is 0. The molecular formula is C14H28N2O2. The standard InChI is InChI=1S/C14H28N2O2/c1-6-7-15-14(17)13(10(2)3)16-8-11(4)18-12(5)9-16/h10-13H,6-9H2,1-5H3,(H,15,17). The minimum atomic E-state index is -0.0367. The van der Waals surface area contributed by atoms with Crippen LogP contribution in [0.4, 0.5) is 0 Å². The van der Waals surface area contributed by atoms with Gasteiger partial charge in [-0.3, -0.25) is 9.69 Å². The van der Waals surface area contributed by atoms with Crippen molar-refractivity contribution in [2.24, 2.45) is 5.92 Å². The first kappa shape index (κ1) is 15.4. The predicted molar refractivity (Wildman–Crippen MR) is 73.5 cm³/mol. The lowest BCUT2D eigenvalue weighted by Crippen LogP contribution is -2.57. The molecule has 1 aliphatic rings. The van der Waals surface area contributed by atoms with E-state index in [0.29, 0.717) is 5.92 Å². The van der Waals surface area contributed by atoms with Crippen LogP contribution in [0.1, 0.15) is 41.0 Å². The highest BCUT2D eigenvalue weighted by Crippen LogP contribution is 2.18. The third-order valence-electron chi connectivity index (χ3n) is 3.29. The minimum Gasteiger partial charge on any atom is -0.373 e. The predicted octanol–water partition coefficient (Wildman–Crippen LogP) is 1.65. The second-order valence-corrected chi connectivity index (χ2v) is 5.69. The van der Waals surface area contributed by atoms with Crippen molar-refractivity contribution in [3.8, 4) is 0 Å². The zero-order valence-electron chi connectivity index (χ0n) is 12.4. The van der Waals surface area contributed by atoms with Gasteiger partial charge in [0.2, 0.25) is 5.91 Å². The first-order valence-corrected chi connectivity index (χ1v) is 7.12. The topological polar surface area (TPSA) is 41.6 Å². The van der Waals surface area contributed by atoms with Crippen molar-refractivity contribution in [2.45, 2.75) is 59.3 Å². The van der Waals surface area contributed by atoms with Gasteiger partial charge < -0.3 is 10.1 Å². The van der Waals surface area contributed by atoms with Crippen LogP contribution in [0.15, 0.2) is 0 Å². The lowest BCUT2D eigenvalue weighted by Gasteiger charge is -2.41. The lowest BCUT2D eigenvalue weighted by molar-refractivity contribution is -0.135. The van der Waals surface area contributed by atoms with Crippen LogP contribution in [0.5, 0.6) is 0 Å². The third-order valence-corrected chi connectivity index (χ3v) is 3.29. The molecule has 4 nitrogen and oxygen atoms in total. The molecular weight excluding hydrogens is 228 g/mol. The first-order valence-electron chi connectivity index (χ1n) is 7.12. The third kappa shape index (κ3) is 4.25. The Kier molecular flexibility index (Phi) is 6.09. The first-order chi connectivity index (χ1) is 8.45. The second-order valence-electron chi connectivity index (χ2n) is 5.69. The highest BCUT2D eigenvalue weighted by molar-refractivity contribution is 5.82. The summed E-state index contributed by atoms with van der Waals surface area (Å²) in [6, 6.07) is -0.0367. The van der Waals surface area contributed by atoms with Crippen LogP contribution in [-0.2, 0) is 9.53 Å². The number of carbonyl (C=O) groups excluding carboxylic acids is 1. The van der Waals surface area contributed by atoms with Gasteiger partial charge in [0, 0.05) is 19.6 Å². The monoisotopic (exact) mass is 256 g/mol. The summed E-state index contributed by atoms with van der Waals surface area (Å²) in [4.78, 5) is 14.5. The van der Waals surface area contributed by atoms with Gasteiger partial charge in [-0.05, 0) is 26.2 Å². The summed E-state index contributed by atoms with van der Waals surface area (Å²) in [7, 11) is 0. The van der Waals surface area contributed by atoms with Gasteiger partial charge in [-0.25, -0.2) is 0 Å². The van der Waals surface area contributed by atoms with Crippen LogP contribution in [0.3, 0.4) is 0 Å². The van der Waals surface area contributed by atoms with E-state index in [9.17, 15) is 4.79 Å². The number of carbonyl (C=O) groups is 1. The molecule has 0 spiro atoms. The number of ether oxygens (including phenoxy) is 1. The summed E-state index contributed by atoms with van der Waals surface area (Å²) in [5.74, 6) is 0.479. The zero-order chi connectivity index (χ0) is 13.7. The molecule has 1 fully saturated rings. The van der Waals surface area contributed by atoms with Gasteiger partial charge in [-0.2, -0.15) is 0 Å². The Balaban J connectivity index is 2.68. The highest BCUT2D eigenvalue weighted by atomic mass is 16.5. The SMILES string of the molecule is CCCNC(=O)C(C(C)C)N1CC(C)OC(C)C1. The molecule has 0 saturated carbocycles. The van der Waals surface area contributed by atoms with Gasteiger partial charge in [0.15, 0.2) is 0 Å². The van der Waals surface area contributed by atoms with E-state index in [-0.39, 0.29) is 24.2 Å². The fourth-order valence-corrected chi connectivity index (χ4v) is 2.69. The Labute approximate surface area is 111 Å². The van der Waals surface area contributed by atoms with Crippen molar-refractivity contribution >= 4 is 5.91 Å². The van der Waals surface area contributed by atoms with Gasteiger partial charge in [0.25, 0.3) is 0 Å². The van der Waals surface area contributed by atoms with E-state index < -0.39 is 0 Å². The molecule has 0 aliphatic carbocycles. The summed E-state index contributed by atoms with van der Waals surface area (Å²) in [5, 5.41) is 3.02. The Hall–Kier alpha value is -0.610. The molecule has 4 heteroatoms. The number of morpholine rings is 1. The number of rotatable bonds is 5. The largest absolute Gasteiger partial charge is 0.373 e. The fourth-order valence-electron chi connectivity index (χ4n) is 2.69. The summed E-state index contributed by atoms with van der Waals surface area (Å²) in [5.41, 5.74) is 0. The van der Waals surface area contributed by atoms with E-state index in [1.165, 1.54) is 0 Å². The molecule has 1 rings (SSSR count). The molecule has 0 radical (unpaired) electrons. The molecule has 0 aromatic rings. The molecule has 1 saturated heterocycles. The van der Waals surface area contributed by atoms with Crippen molar-refractivity contribution < 1.29 is 9.53 Å². The molecule has 1 heterocycles. The number of nitrogens with one attached hydrogen (secondary N) is 1. The normalized spacial score (nSPS) is 27.2. The second kappa shape index (κ2) is 7.10. The molecule has 18 heavy (non-hydrogen) atoms. The van der Waals surface area contributed by atoms with Gasteiger partial charge in [-0.1, -0.05) is 20.8 Å². The molecule has 1 amide bonds.